The van der Waals surface area contributed by atoms with Gasteiger partial charge in [-0.2, -0.15) is 0 Å². The van der Waals surface area contributed by atoms with Gasteiger partial charge in [-0.05, 0) is 30.2 Å². The Morgan fingerprint density at radius 1 is 1.60 bits per heavy atom. The summed E-state index contributed by atoms with van der Waals surface area (Å²) in [6.07, 6.45) is 6.05. The Bertz CT molecular complexity index is 604. The molecule has 0 aromatic heterocycles. The number of carboxylic acid groups (broad SMARTS) is 1. The molecule has 2 rings (SSSR count). The summed E-state index contributed by atoms with van der Waals surface area (Å²) in [4.78, 5) is 25.0. The summed E-state index contributed by atoms with van der Waals surface area (Å²) >= 11 is 0. The minimum absolute atomic E-state index is 0.252. The van der Waals surface area contributed by atoms with Crippen LogP contribution in [0, 0.1) is 12.3 Å². The highest BCUT2D eigenvalue weighted by molar-refractivity contribution is 6.04. The molecule has 1 aliphatic rings. The van der Waals surface area contributed by atoms with E-state index in [1.165, 1.54) is 4.90 Å². The summed E-state index contributed by atoms with van der Waals surface area (Å²) in [5, 5.41) is 9.31. The van der Waals surface area contributed by atoms with Gasteiger partial charge in [0.05, 0.1) is 6.04 Å². The Hall–Kier alpha value is -2.32. The van der Waals surface area contributed by atoms with E-state index >= 15 is 0 Å². The third-order valence-corrected chi connectivity index (χ3v) is 3.51. The zero-order valence-corrected chi connectivity index (χ0v) is 11.2. The number of carboxylic acids is 1. The number of nitrogens with zero attached hydrogens (tertiary/aromatic N) is 1. The van der Waals surface area contributed by atoms with Crippen LogP contribution in [0.4, 0.5) is 5.69 Å². The standard InChI is InChI=1S/C15H16N2O3/c1-3-9-5-6-12-10(7-9)8-13(15(19)20)17(12)14(18)11(16)4-2/h1,5-7,11,13H,4,8,16H2,2H3,(H,19,20)/t11-,13?/m0/s1. The van der Waals surface area contributed by atoms with E-state index in [2.05, 4.69) is 5.92 Å². The van der Waals surface area contributed by atoms with E-state index in [1.54, 1.807) is 25.1 Å². The number of carbonyl (C=O) groups is 2. The van der Waals surface area contributed by atoms with Crippen LogP contribution in [0.1, 0.15) is 24.5 Å². The van der Waals surface area contributed by atoms with Gasteiger partial charge in [0.1, 0.15) is 6.04 Å². The summed E-state index contributed by atoms with van der Waals surface area (Å²) in [6.45, 7) is 1.79. The Kier molecular flexibility index (Phi) is 3.77. The molecular formula is C15H16N2O3. The fourth-order valence-corrected chi connectivity index (χ4v) is 2.36. The second kappa shape index (κ2) is 5.35. The number of aliphatic carboxylic acids is 1. The second-order valence-electron chi connectivity index (χ2n) is 4.77. The predicted octanol–water partition coefficient (Wildman–Crippen LogP) is 0.747. The number of amides is 1. The lowest BCUT2D eigenvalue weighted by Crippen LogP contribution is -2.49. The van der Waals surface area contributed by atoms with E-state index in [0.717, 1.165) is 5.56 Å². The molecule has 1 amide bonds. The molecule has 0 spiro atoms. The van der Waals surface area contributed by atoms with Crippen molar-refractivity contribution in [2.24, 2.45) is 5.73 Å². The fraction of sp³-hybridized carbons (Fsp3) is 0.333. The van der Waals surface area contributed by atoms with Crippen molar-refractivity contribution in [3.8, 4) is 12.3 Å². The van der Waals surface area contributed by atoms with Gasteiger partial charge in [0.15, 0.2) is 0 Å². The predicted molar refractivity (Wildman–Crippen MR) is 75.3 cm³/mol. The summed E-state index contributed by atoms with van der Waals surface area (Å²) < 4.78 is 0. The van der Waals surface area contributed by atoms with Crippen molar-refractivity contribution in [3.05, 3.63) is 29.3 Å². The maximum Gasteiger partial charge on any atom is 0.327 e. The topological polar surface area (TPSA) is 83.6 Å². The smallest absolute Gasteiger partial charge is 0.327 e. The third kappa shape index (κ3) is 2.26. The van der Waals surface area contributed by atoms with Gasteiger partial charge in [-0.25, -0.2) is 4.79 Å². The molecule has 1 aromatic carbocycles. The maximum atomic E-state index is 12.3. The molecule has 2 atom stereocenters. The van der Waals surface area contributed by atoms with Crippen LogP contribution in [0.5, 0.6) is 0 Å². The number of fused-ring (bicyclic) bond motifs is 1. The minimum Gasteiger partial charge on any atom is -0.480 e. The van der Waals surface area contributed by atoms with E-state index in [-0.39, 0.29) is 12.3 Å². The number of nitrogens with two attached hydrogens (primary N) is 1. The van der Waals surface area contributed by atoms with Crippen molar-refractivity contribution in [2.45, 2.75) is 31.8 Å². The Morgan fingerprint density at radius 2 is 2.30 bits per heavy atom. The van der Waals surface area contributed by atoms with E-state index in [4.69, 9.17) is 12.2 Å². The van der Waals surface area contributed by atoms with Crippen LogP contribution >= 0.6 is 0 Å². The minimum atomic E-state index is -1.04. The molecule has 3 N–H and O–H groups in total. The van der Waals surface area contributed by atoms with Crippen molar-refractivity contribution in [1.82, 2.24) is 0 Å². The number of carbonyl (C=O) groups excluding carboxylic acids is 1. The van der Waals surface area contributed by atoms with Gasteiger partial charge in [0, 0.05) is 17.7 Å². The van der Waals surface area contributed by atoms with Gasteiger partial charge in [0.25, 0.3) is 0 Å². The normalized spacial score (nSPS) is 18.2. The van der Waals surface area contributed by atoms with Gasteiger partial charge < -0.3 is 10.8 Å². The van der Waals surface area contributed by atoms with Gasteiger partial charge in [-0.3, -0.25) is 9.69 Å². The molecular weight excluding hydrogens is 256 g/mol. The Balaban J connectivity index is 2.46. The van der Waals surface area contributed by atoms with Crippen LogP contribution < -0.4 is 10.6 Å². The molecule has 1 aromatic rings. The van der Waals surface area contributed by atoms with Crippen molar-refractivity contribution >= 4 is 17.6 Å². The lowest BCUT2D eigenvalue weighted by molar-refractivity contribution is -0.140. The zero-order valence-electron chi connectivity index (χ0n) is 11.2. The quantitative estimate of drug-likeness (QED) is 0.795. The summed E-state index contributed by atoms with van der Waals surface area (Å²) in [6, 6.07) is 3.52. The number of benzene rings is 1. The van der Waals surface area contributed by atoms with E-state index in [0.29, 0.717) is 17.7 Å². The molecule has 1 aliphatic heterocycles. The molecule has 20 heavy (non-hydrogen) atoms. The molecule has 5 heteroatoms. The molecule has 0 aliphatic carbocycles. The maximum absolute atomic E-state index is 12.3. The van der Waals surface area contributed by atoms with Crippen LogP contribution in [-0.2, 0) is 16.0 Å². The summed E-state index contributed by atoms with van der Waals surface area (Å²) in [7, 11) is 0. The van der Waals surface area contributed by atoms with E-state index in [1.807, 2.05) is 0 Å². The summed E-state index contributed by atoms with van der Waals surface area (Å²) in [5.74, 6) is 1.09. The average molecular weight is 272 g/mol. The van der Waals surface area contributed by atoms with Crippen LogP contribution in [0.25, 0.3) is 0 Å². The van der Waals surface area contributed by atoms with Crippen LogP contribution in [0.3, 0.4) is 0 Å². The first kappa shape index (κ1) is 14.1. The first-order valence-corrected chi connectivity index (χ1v) is 6.40. The highest BCUT2D eigenvalue weighted by atomic mass is 16.4. The Labute approximate surface area is 117 Å². The van der Waals surface area contributed by atoms with Crippen molar-refractivity contribution < 1.29 is 14.7 Å². The highest BCUT2D eigenvalue weighted by Gasteiger charge is 2.39. The number of anilines is 1. The molecule has 0 saturated heterocycles. The molecule has 0 radical (unpaired) electrons. The van der Waals surface area contributed by atoms with Gasteiger partial charge >= 0.3 is 5.97 Å². The van der Waals surface area contributed by atoms with Crippen molar-refractivity contribution in [3.63, 3.8) is 0 Å². The third-order valence-electron chi connectivity index (χ3n) is 3.51. The number of hydrogen-bond donors (Lipinski definition) is 2. The number of hydrogen-bond acceptors (Lipinski definition) is 3. The largest absolute Gasteiger partial charge is 0.480 e. The van der Waals surface area contributed by atoms with Crippen LogP contribution in [0.2, 0.25) is 0 Å². The molecule has 1 heterocycles. The first-order valence-electron chi connectivity index (χ1n) is 6.40. The SMILES string of the molecule is C#Cc1ccc2c(c1)CC(C(=O)O)N2C(=O)[C@@H](N)CC. The first-order chi connectivity index (χ1) is 9.49. The zero-order chi connectivity index (χ0) is 14.9. The molecule has 0 bridgehead atoms. The van der Waals surface area contributed by atoms with Crippen LogP contribution in [0.15, 0.2) is 18.2 Å². The van der Waals surface area contributed by atoms with Crippen molar-refractivity contribution in [2.75, 3.05) is 4.90 Å². The fourth-order valence-electron chi connectivity index (χ4n) is 2.36. The highest BCUT2D eigenvalue weighted by Crippen LogP contribution is 2.33. The second-order valence-corrected chi connectivity index (χ2v) is 4.77. The van der Waals surface area contributed by atoms with Gasteiger partial charge in [-0.1, -0.05) is 12.8 Å². The molecule has 1 unspecified atom stereocenters. The molecule has 5 nitrogen and oxygen atoms in total. The number of terminal acetylenes is 1. The Morgan fingerprint density at radius 3 is 2.85 bits per heavy atom. The van der Waals surface area contributed by atoms with Crippen LogP contribution in [-0.4, -0.2) is 29.1 Å². The van der Waals surface area contributed by atoms with Gasteiger partial charge in [0.2, 0.25) is 5.91 Å². The molecule has 104 valence electrons. The lowest BCUT2D eigenvalue weighted by atomic mass is 10.1. The van der Waals surface area contributed by atoms with E-state index in [9.17, 15) is 14.7 Å². The van der Waals surface area contributed by atoms with E-state index < -0.39 is 18.1 Å². The molecule has 0 fully saturated rings. The number of rotatable bonds is 3. The average Bonchev–Trinajstić information content (AvgIpc) is 2.83. The monoisotopic (exact) mass is 272 g/mol. The van der Waals surface area contributed by atoms with Crippen molar-refractivity contribution in [1.29, 1.82) is 0 Å². The van der Waals surface area contributed by atoms with Gasteiger partial charge in [-0.15, -0.1) is 6.42 Å². The lowest BCUT2D eigenvalue weighted by Gasteiger charge is -2.25. The summed E-state index contributed by atoms with van der Waals surface area (Å²) in [5.41, 5.74) is 7.78. The molecule has 0 saturated carbocycles.